The van der Waals surface area contributed by atoms with Gasteiger partial charge in [0.1, 0.15) is 6.04 Å². The Hall–Kier alpha value is -1.35. The molecule has 0 aliphatic rings. The zero-order chi connectivity index (χ0) is 13.4. The molecule has 0 spiro atoms. The molecule has 0 bridgehead atoms. The van der Waals surface area contributed by atoms with E-state index in [4.69, 9.17) is 10.8 Å². The molecule has 9 heteroatoms. The molecule has 19 heavy (non-hydrogen) atoms. The smallest absolute Gasteiger partial charge is 0.480 e. The molecule has 0 aliphatic carbocycles. The second-order valence-corrected chi connectivity index (χ2v) is 4.02. The van der Waals surface area contributed by atoms with Crippen LogP contribution < -0.4 is 10.4 Å². The number of rotatable bonds is 3. The molecule has 99 valence electrons. The number of carboxylic acid groups (broad SMARTS) is 1. The summed E-state index contributed by atoms with van der Waals surface area (Å²) in [6.45, 7) is 0. The fourth-order valence-corrected chi connectivity index (χ4v) is 1.55. The van der Waals surface area contributed by atoms with Crippen molar-refractivity contribution in [1.29, 1.82) is 0 Å². The van der Waals surface area contributed by atoms with Gasteiger partial charge < -0.3 is 22.2 Å². The Bertz CT molecular complexity index is 468. The summed E-state index contributed by atoms with van der Waals surface area (Å²) in [6.07, 6.45) is 4.18. The molecule has 2 aromatic heterocycles. The predicted molar refractivity (Wildman–Crippen MR) is 62.3 cm³/mol. The predicted octanol–water partition coefficient (Wildman–Crippen LogP) is -1.00. The molecule has 0 unspecified atom stereocenters. The normalized spacial score (nSPS) is 10.6. The van der Waals surface area contributed by atoms with Gasteiger partial charge in [-0.2, -0.15) is 10.9 Å². The van der Waals surface area contributed by atoms with E-state index < -0.39 is 12.0 Å². The van der Waals surface area contributed by atoms with Crippen LogP contribution >= 0.6 is 11.3 Å². The molecule has 7 nitrogen and oxygen atoms in total. The summed E-state index contributed by atoms with van der Waals surface area (Å²) < 4.78 is 1.50. The number of nitrogens with zero attached hydrogens (tertiary/aromatic N) is 4. The van der Waals surface area contributed by atoms with Gasteiger partial charge in [-0.3, -0.25) is 9.78 Å². The maximum atomic E-state index is 10.3. The van der Waals surface area contributed by atoms with Crippen molar-refractivity contribution < 1.29 is 33.1 Å². The maximum absolute atomic E-state index is 10.3. The third-order valence-corrected chi connectivity index (χ3v) is 2.45. The van der Waals surface area contributed by atoms with E-state index in [1.54, 1.807) is 7.05 Å². The molecular formula is C10H12N5O2SV+. The van der Waals surface area contributed by atoms with Gasteiger partial charge in [-0.05, 0) is 6.42 Å². The Morgan fingerprint density at radius 1 is 1.68 bits per heavy atom. The first kappa shape index (κ1) is 17.7. The molecule has 2 rings (SSSR count). The Morgan fingerprint density at radius 2 is 2.42 bits per heavy atom. The summed E-state index contributed by atoms with van der Waals surface area (Å²) in [6, 6.07) is 1.02. The van der Waals surface area contributed by atoms with E-state index >= 15 is 0 Å². The third-order valence-electron chi connectivity index (χ3n) is 1.80. The molecule has 0 saturated carbocycles. The van der Waals surface area contributed by atoms with Crippen LogP contribution in [0.25, 0.3) is 0 Å². The Kier molecular flexibility index (Phi) is 8.89. The van der Waals surface area contributed by atoms with E-state index in [2.05, 4.69) is 27.0 Å². The van der Waals surface area contributed by atoms with Crippen LogP contribution in [0.4, 0.5) is 0 Å². The molecule has 2 heterocycles. The van der Waals surface area contributed by atoms with E-state index in [9.17, 15) is 4.79 Å². The second-order valence-electron chi connectivity index (χ2n) is 3.30. The fourth-order valence-electron chi connectivity index (χ4n) is 0.943. The Morgan fingerprint density at radius 3 is 2.79 bits per heavy atom. The van der Waals surface area contributed by atoms with Crippen molar-refractivity contribution in [2.24, 2.45) is 12.8 Å². The van der Waals surface area contributed by atoms with Gasteiger partial charge in [0.05, 0.1) is 13.4 Å². The van der Waals surface area contributed by atoms with Gasteiger partial charge >= 0.3 is 24.5 Å². The molecule has 0 saturated heterocycles. The van der Waals surface area contributed by atoms with Crippen LogP contribution in [0.15, 0.2) is 17.8 Å². The van der Waals surface area contributed by atoms with E-state index in [0.717, 1.165) is 5.56 Å². The van der Waals surface area contributed by atoms with Crippen molar-refractivity contribution >= 4 is 17.3 Å². The average molecular weight is 317 g/mol. The minimum Gasteiger partial charge on any atom is -0.480 e. The monoisotopic (exact) mass is 317 g/mol. The number of aromatic nitrogens is 4. The van der Waals surface area contributed by atoms with Crippen LogP contribution in [0.2, 0.25) is 0 Å². The van der Waals surface area contributed by atoms with E-state index in [1.165, 1.54) is 22.3 Å². The van der Waals surface area contributed by atoms with Gasteiger partial charge in [0.15, 0.2) is 6.33 Å². The van der Waals surface area contributed by atoms with Crippen molar-refractivity contribution in [3.63, 3.8) is 0 Å². The first-order valence-corrected chi connectivity index (χ1v) is 5.81. The fraction of sp³-hybridized carbons (Fsp3) is 0.300. The van der Waals surface area contributed by atoms with Crippen LogP contribution in [0.5, 0.6) is 0 Å². The SMILES string of the molecule is C[n+]1cn[c-]nn1.N[C@@H](Cc1[c-]scc1)C(=O)O.[V+2]. The number of hydrogen-bond donors (Lipinski definition) is 2. The third kappa shape index (κ3) is 7.63. The van der Waals surface area contributed by atoms with Gasteiger partial charge in [0.2, 0.25) is 0 Å². The summed E-state index contributed by atoms with van der Waals surface area (Å²) in [5.41, 5.74) is 6.16. The second kappa shape index (κ2) is 9.57. The van der Waals surface area contributed by atoms with Crippen molar-refractivity contribution in [2.45, 2.75) is 12.5 Å². The first-order valence-electron chi connectivity index (χ1n) is 4.93. The van der Waals surface area contributed by atoms with Crippen molar-refractivity contribution in [3.8, 4) is 0 Å². The summed E-state index contributed by atoms with van der Waals surface area (Å²) in [5, 5.41) is 20.1. The standard InChI is InChI=1S/C7H8NO2S.C3H4N4.V/c8-6(7(9)10)3-5-1-2-11-4-5;1-7-3-4-2-5-6-7;/h1-2,6H,3,8H2,(H,9,10);3H,1H3;/q-1;;+2/t6-;;/m0../s1. The van der Waals surface area contributed by atoms with Crippen LogP contribution in [0.3, 0.4) is 0 Å². The molecule has 0 amide bonds. The van der Waals surface area contributed by atoms with E-state index in [1.807, 2.05) is 11.4 Å². The van der Waals surface area contributed by atoms with Crippen LogP contribution in [0.1, 0.15) is 5.56 Å². The molecule has 0 aliphatic heterocycles. The zero-order valence-corrected chi connectivity index (χ0v) is 12.3. The van der Waals surface area contributed by atoms with Crippen LogP contribution in [-0.2, 0) is 36.8 Å². The van der Waals surface area contributed by atoms with Gasteiger partial charge in [-0.25, -0.2) is 10.7 Å². The summed E-state index contributed by atoms with van der Waals surface area (Å²) in [7, 11) is 1.74. The van der Waals surface area contributed by atoms with Crippen LogP contribution in [0, 0.1) is 11.7 Å². The van der Waals surface area contributed by atoms with Gasteiger partial charge in [0.25, 0.3) is 0 Å². The quantitative estimate of drug-likeness (QED) is 0.555. The topological polar surface area (TPSA) is 106 Å². The molecule has 3 N–H and O–H groups in total. The molecule has 1 radical (unpaired) electrons. The Balaban J connectivity index is 0.000000352. The average Bonchev–Trinajstić information content (AvgIpc) is 2.83. The maximum Gasteiger partial charge on any atom is 2.00 e. The first-order chi connectivity index (χ1) is 8.59. The molecular weight excluding hydrogens is 305 g/mol. The summed E-state index contributed by atoms with van der Waals surface area (Å²) in [5.74, 6) is -0.968. The summed E-state index contributed by atoms with van der Waals surface area (Å²) in [4.78, 5) is 13.8. The number of aliphatic carboxylic acids is 1. The van der Waals surface area contributed by atoms with Gasteiger partial charge in [-0.1, -0.05) is 5.10 Å². The zero-order valence-electron chi connectivity index (χ0n) is 10.1. The van der Waals surface area contributed by atoms with Crippen LogP contribution in [-0.4, -0.2) is 32.4 Å². The minimum atomic E-state index is -0.968. The molecule has 0 fully saturated rings. The number of aryl methyl sites for hydroxylation is 1. The molecule has 1 atom stereocenters. The molecule has 0 aromatic carbocycles. The number of carboxylic acids is 1. The van der Waals surface area contributed by atoms with Gasteiger partial charge in [0, 0.05) is 5.21 Å². The summed E-state index contributed by atoms with van der Waals surface area (Å²) >= 11 is 1.42. The van der Waals surface area contributed by atoms with E-state index in [0.29, 0.717) is 6.42 Å². The van der Waals surface area contributed by atoms with E-state index in [-0.39, 0.29) is 18.6 Å². The Labute approximate surface area is 126 Å². The molecule has 2 aromatic rings. The number of carbonyl (C=O) groups is 1. The minimum absolute atomic E-state index is 0. The number of nitrogens with two attached hydrogens (primary N) is 1. The van der Waals surface area contributed by atoms with Crippen molar-refractivity contribution in [3.05, 3.63) is 35.0 Å². The number of hydrogen-bond acceptors (Lipinski definition) is 6. The van der Waals surface area contributed by atoms with Gasteiger partial charge in [-0.15, -0.1) is 5.38 Å². The number of thiophene rings is 1. The van der Waals surface area contributed by atoms with Crippen molar-refractivity contribution in [2.75, 3.05) is 0 Å². The largest absolute Gasteiger partial charge is 2.00 e. The van der Waals surface area contributed by atoms with Crippen molar-refractivity contribution in [1.82, 2.24) is 15.3 Å².